The number of aliphatic carboxylic acids is 1. The summed E-state index contributed by atoms with van der Waals surface area (Å²) in [6.45, 7) is -2.90. The molecule has 26 heavy (non-hydrogen) atoms. The molecule has 3 rings (SSSR count). The Kier molecular flexibility index (Phi) is 5.07. The molecule has 0 spiro atoms. The molecule has 0 fully saturated rings. The lowest BCUT2D eigenvalue weighted by Crippen LogP contribution is -2.18. The molecule has 0 bridgehead atoms. The summed E-state index contributed by atoms with van der Waals surface area (Å²) in [6.07, 6.45) is 3.96. The number of carbonyl (C=O) groups is 1. The minimum Gasteiger partial charge on any atom is -0.545 e. The molecule has 0 atom stereocenters. The van der Waals surface area contributed by atoms with Gasteiger partial charge in [0.05, 0.1) is 17.4 Å². The second kappa shape index (κ2) is 7.60. The standard InChI is InChI=1S/C19H14F2N2O3/c20-19(21)26-16-9-6-13(7-10-16)18-14(8-11-17(24)25)12-23(22-18)15-4-2-1-3-5-15/h1-12,19H,(H,24,25)/p-1/b11-8+. The highest BCUT2D eigenvalue weighted by atomic mass is 19.3. The van der Waals surface area contributed by atoms with E-state index in [9.17, 15) is 18.7 Å². The van der Waals surface area contributed by atoms with E-state index in [0.717, 1.165) is 11.8 Å². The lowest BCUT2D eigenvalue weighted by molar-refractivity contribution is -0.297. The summed E-state index contributed by atoms with van der Waals surface area (Å²) in [5.41, 5.74) is 2.45. The molecule has 0 unspecified atom stereocenters. The van der Waals surface area contributed by atoms with Crippen molar-refractivity contribution in [3.63, 3.8) is 0 Å². The van der Waals surface area contributed by atoms with Crippen LogP contribution in [0.1, 0.15) is 5.56 Å². The van der Waals surface area contributed by atoms with E-state index in [2.05, 4.69) is 9.84 Å². The van der Waals surface area contributed by atoms with E-state index in [1.54, 1.807) is 23.0 Å². The molecule has 0 aliphatic rings. The van der Waals surface area contributed by atoms with Crippen LogP contribution in [0.4, 0.5) is 8.78 Å². The van der Waals surface area contributed by atoms with Gasteiger partial charge in [-0.05, 0) is 48.6 Å². The van der Waals surface area contributed by atoms with E-state index in [-0.39, 0.29) is 5.75 Å². The smallest absolute Gasteiger partial charge is 0.387 e. The number of halogens is 2. The molecule has 1 heterocycles. The molecule has 0 saturated carbocycles. The van der Waals surface area contributed by atoms with Crippen molar-refractivity contribution in [2.24, 2.45) is 0 Å². The van der Waals surface area contributed by atoms with Gasteiger partial charge in [-0.15, -0.1) is 0 Å². The van der Waals surface area contributed by atoms with Gasteiger partial charge < -0.3 is 14.6 Å². The normalized spacial score (nSPS) is 11.2. The Labute approximate surface area is 147 Å². The topological polar surface area (TPSA) is 67.2 Å². The summed E-state index contributed by atoms with van der Waals surface area (Å²) < 4.78 is 30.5. The number of alkyl halides is 2. The molecule has 132 valence electrons. The molecule has 0 aliphatic carbocycles. The number of carboxylic acid groups (broad SMARTS) is 1. The third-order valence-corrected chi connectivity index (χ3v) is 3.52. The number of aromatic nitrogens is 2. The molecule has 0 saturated heterocycles. The summed E-state index contributed by atoms with van der Waals surface area (Å²) >= 11 is 0. The van der Waals surface area contributed by atoms with Gasteiger partial charge in [0.2, 0.25) is 0 Å². The van der Waals surface area contributed by atoms with Crippen LogP contribution in [0.15, 0.2) is 66.9 Å². The van der Waals surface area contributed by atoms with Crippen LogP contribution < -0.4 is 9.84 Å². The van der Waals surface area contributed by atoms with Gasteiger partial charge in [0.1, 0.15) is 5.75 Å². The first-order valence-corrected chi connectivity index (χ1v) is 7.62. The zero-order valence-electron chi connectivity index (χ0n) is 13.4. The van der Waals surface area contributed by atoms with Gasteiger partial charge in [-0.1, -0.05) is 18.2 Å². The van der Waals surface area contributed by atoms with Crippen LogP contribution in [-0.2, 0) is 4.79 Å². The quantitative estimate of drug-likeness (QED) is 0.638. The Morgan fingerprint density at radius 1 is 1.12 bits per heavy atom. The maximum absolute atomic E-state index is 12.3. The van der Waals surface area contributed by atoms with E-state index in [1.165, 1.54) is 18.2 Å². The lowest BCUT2D eigenvalue weighted by Gasteiger charge is -2.05. The fourth-order valence-corrected chi connectivity index (χ4v) is 2.40. The van der Waals surface area contributed by atoms with Crippen LogP contribution in [0, 0.1) is 0 Å². The van der Waals surface area contributed by atoms with Gasteiger partial charge in [-0.25, -0.2) is 4.68 Å². The second-order valence-corrected chi connectivity index (χ2v) is 5.27. The first-order valence-electron chi connectivity index (χ1n) is 7.62. The average molecular weight is 355 g/mol. The predicted molar refractivity (Wildman–Crippen MR) is 89.7 cm³/mol. The summed E-state index contributed by atoms with van der Waals surface area (Å²) in [5, 5.41) is 15.2. The molecule has 1 aromatic heterocycles. The maximum Gasteiger partial charge on any atom is 0.387 e. The Balaban J connectivity index is 2.01. The molecule has 2 aromatic carbocycles. The minimum absolute atomic E-state index is 0.0260. The molecule has 0 aliphatic heterocycles. The van der Waals surface area contributed by atoms with E-state index in [4.69, 9.17) is 0 Å². The number of ether oxygens (including phenoxy) is 1. The highest BCUT2D eigenvalue weighted by molar-refractivity contribution is 5.85. The Hall–Kier alpha value is -3.48. The van der Waals surface area contributed by atoms with E-state index >= 15 is 0 Å². The molecular formula is C19H13F2N2O3-. The summed E-state index contributed by atoms with van der Waals surface area (Å²) in [4.78, 5) is 10.7. The third-order valence-electron chi connectivity index (χ3n) is 3.52. The fraction of sp³-hybridized carbons (Fsp3) is 0.0526. The highest BCUT2D eigenvalue weighted by Crippen LogP contribution is 2.27. The van der Waals surface area contributed by atoms with Crippen LogP contribution in [0.3, 0.4) is 0 Å². The van der Waals surface area contributed by atoms with E-state index in [1.807, 2.05) is 30.3 Å². The number of benzene rings is 2. The zero-order chi connectivity index (χ0) is 18.5. The van der Waals surface area contributed by atoms with E-state index in [0.29, 0.717) is 16.8 Å². The minimum atomic E-state index is -2.90. The monoisotopic (exact) mass is 355 g/mol. The molecular weight excluding hydrogens is 342 g/mol. The predicted octanol–water partition coefficient (Wildman–Crippen LogP) is 2.90. The summed E-state index contributed by atoms with van der Waals surface area (Å²) in [5.74, 6) is -1.30. The largest absolute Gasteiger partial charge is 0.545 e. The number of carbonyl (C=O) groups excluding carboxylic acids is 1. The molecule has 0 N–H and O–H groups in total. The van der Waals surface area contributed by atoms with Crippen LogP contribution in [0.5, 0.6) is 5.75 Å². The van der Waals surface area contributed by atoms with Crippen molar-refractivity contribution >= 4 is 12.0 Å². The van der Waals surface area contributed by atoms with Crippen LogP contribution in [0.25, 0.3) is 23.0 Å². The molecule has 7 heteroatoms. The van der Waals surface area contributed by atoms with Crippen LogP contribution >= 0.6 is 0 Å². The number of rotatable bonds is 6. The van der Waals surface area contributed by atoms with Crippen LogP contribution in [0.2, 0.25) is 0 Å². The number of para-hydroxylation sites is 1. The van der Waals surface area contributed by atoms with Crippen molar-refractivity contribution in [3.8, 4) is 22.7 Å². The first-order chi connectivity index (χ1) is 12.5. The van der Waals surface area contributed by atoms with Crippen molar-refractivity contribution in [2.45, 2.75) is 6.61 Å². The molecule has 0 amide bonds. The molecule has 5 nitrogen and oxygen atoms in total. The summed E-state index contributed by atoms with van der Waals surface area (Å²) in [6, 6.07) is 15.2. The Bertz CT molecular complexity index is 920. The first kappa shape index (κ1) is 17.3. The van der Waals surface area contributed by atoms with Crippen molar-refractivity contribution in [2.75, 3.05) is 0 Å². The maximum atomic E-state index is 12.3. The van der Waals surface area contributed by atoms with Gasteiger partial charge in [0, 0.05) is 17.3 Å². The van der Waals surface area contributed by atoms with Gasteiger partial charge in [-0.3, -0.25) is 0 Å². The third kappa shape index (κ3) is 4.13. The van der Waals surface area contributed by atoms with Crippen molar-refractivity contribution in [1.82, 2.24) is 9.78 Å². The van der Waals surface area contributed by atoms with Crippen LogP contribution in [-0.4, -0.2) is 22.4 Å². The second-order valence-electron chi connectivity index (χ2n) is 5.27. The summed E-state index contributed by atoms with van der Waals surface area (Å²) in [7, 11) is 0. The fourth-order valence-electron chi connectivity index (χ4n) is 2.40. The number of hydrogen-bond acceptors (Lipinski definition) is 4. The van der Waals surface area contributed by atoms with Gasteiger partial charge in [0.15, 0.2) is 0 Å². The Morgan fingerprint density at radius 2 is 1.81 bits per heavy atom. The van der Waals surface area contributed by atoms with Crippen molar-refractivity contribution < 1.29 is 23.4 Å². The van der Waals surface area contributed by atoms with Gasteiger partial charge in [0.25, 0.3) is 0 Å². The number of nitrogens with zero attached hydrogens (tertiary/aromatic N) is 2. The lowest BCUT2D eigenvalue weighted by atomic mass is 10.1. The van der Waals surface area contributed by atoms with Gasteiger partial charge in [-0.2, -0.15) is 13.9 Å². The SMILES string of the molecule is O=C([O-])/C=C/c1cn(-c2ccccc2)nc1-c1ccc(OC(F)F)cc1. The molecule has 0 radical (unpaired) electrons. The Morgan fingerprint density at radius 3 is 2.42 bits per heavy atom. The van der Waals surface area contributed by atoms with Crippen molar-refractivity contribution in [1.29, 1.82) is 0 Å². The zero-order valence-corrected chi connectivity index (χ0v) is 13.4. The average Bonchev–Trinajstić information content (AvgIpc) is 3.05. The van der Waals surface area contributed by atoms with E-state index < -0.39 is 12.6 Å². The molecule has 3 aromatic rings. The van der Waals surface area contributed by atoms with Gasteiger partial charge >= 0.3 is 6.61 Å². The highest BCUT2D eigenvalue weighted by Gasteiger charge is 2.11. The number of carboxylic acids is 1. The van der Waals surface area contributed by atoms with Crippen molar-refractivity contribution in [3.05, 3.63) is 72.4 Å². The number of hydrogen-bond donors (Lipinski definition) is 0.